The number of halogens is 2. The number of tetrazole rings is 1. The zero-order valence-corrected chi connectivity index (χ0v) is 9.94. The van der Waals surface area contributed by atoms with Crippen LogP contribution < -0.4 is 5.73 Å². The number of aromatic nitrogens is 4. The molecular formula is C9H9Cl2N5. The Morgan fingerprint density at radius 3 is 2.69 bits per heavy atom. The highest BCUT2D eigenvalue weighted by atomic mass is 35.5. The average Bonchev–Trinajstić information content (AvgIpc) is 2.71. The lowest BCUT2D eigenvalue weighted by molar-refractivity contribution is 0.688. The van der Waals surface area contributed by atoms with E-state index in [4.69, 9.17) is 28.9 Å². The molecule has 2 N–H and O–H groups in total. The molecule has 7 heteroatoms. The Hall–Kier alpha value is -1.17. The van der Waals surface area contributed by atoms with Crippen molar-refractivity contribution in [3.05, 3.63) is 34.1 Å². The van der Waals surface area contributed by atoms with E-state index in [1.165, 1.54) is 4.68 Å². The van der Waals surface area contributed by atoms with Crippen molar-refractivity contribution in [3.63, 3.8) is 0 Å². The molecule has 0 aliphatic carbocycles. The standard InChI is InChI=1S/C9H9Cl2N5/c1-5(12)9-13-14-15-16(9)6-2-3-7(10)8(11)4-6/h2-5H,12H2,1H3. The summed E-state index contributed by atoms with van der Waals surface area (Å²) in [6, 6.07) is 4.89. The largest absolute Gasteiger partial charge is 0.321 e. The van der Waals surface area contributed by atoms with Crippen molar-refractivity contribution >= 4 is 23.2 Å². The molecule has 1 aromatic carbocycles. The van der Waals surface area contributed by atoms with Crippen LogP contribution >= 0.6 is 23.2 Å². The van der Waals surface area contributed by atoms with Crippen LogP contribution in [0.1, 0.15) is 18.8 Å². The average molecular weight is 258 g/mol. The molecule has 0 saturated carbocycles. The molecule has 0 radical (unpaired) electrons. The summed E-state index contributed by atoms with van der Waals surface area (Å²) in [6.07, 6.45) is 0. The highest BCUT2D eigenvalue weighted by Gasteiger charge is 2.12. The lowest BCUT2D eigenvalue weighted by atomic mass is 10.3. The van der Waals surface area contributed by atoms with Gasteiger partial charge in [0.25, 0.3) is 0 Å². The third-order valence-corrected chi connectivity index (χ3v) is 2.79. The summed E-state index contributed by atoms with van der Waals surface area (Å²) < 4.78 is 1.53. The van der Waals surface area contributed by atoms with Gasteiger partial charge < -0.3 is 5.73 Å². The van der Waals surface area contributed by atoms with E-state index in [1.54, 1.807) is 25.1 Å². The summed E-state index contributed by atoms with van der Waals surface area (Å²) in [6.45, 7) is 1.81. The second kappa shape index (κ2) is 4.37. The normalized spacial score (nSPS) is 12.8. The Balaban J connectivity index is 2.50. The molecule has 5 nitrogen and oxygen atoms in total. The SMILES string of the molecule is CC(N)c1nnnn1-c1ccc(Cl)c(Cl)c1. The topological polar surface area (TPSA) is 69.6 Å². The monoisotopic (exact) mass is 257 g/mol. The quantitative estimate of drug-likeness (QED) is 0.894. The third kappa shape index (κ3) is 2.02. The van der Waals surface area contributed by atoms with Gasteiger partial charge >= 0.3 is 0 Å². The van der Waals surface area contributed by atoms with Gasteiger partial charge in [-0.3, -0.25) is 0 Å². The minimum absolute atomic E-state index is 0.260. The van der Waals surface area contributed by atoms with Crippen molar-refractivity contribution in [3.8, 4) is 5.69 Å². The number of nitrogens with two attached hydrogens (primary N) is 1. The molecule has 0 amide bonds. The van der Waals surface area contributed by atoms with Crippen molar-refractivity contribution in [2.24, 2.45) is 5.73 Å². The summed E-state index contributed by atoms with van der Waals surface area (Å²) in [4.78, 5) is 0. The summed E-state index contributed by atoms with van der Waals surface area (Å²) in [7, 11) is 0. The first-order chi connectivity index (χ1) is 7.59. The minimum Gasteiger partial charge on any atom is -0.321 e. The lowest BCUT2D eigenvalue weighted by Crippen LogP contribution is -2.13. The first kappa shape index (κ1) is 11.3. The van der Waals surface area contributed by atoms with E-state index in [2.05, 4.69) is 15.5 Å². The molecule has 2 rings (SSSR count). The van der Waals surface area contributed by atoms with Crippen LogP contribution in [0, 0.1) is 0 Å². The summed E-state index contributed by atoms with van der Waals surface area (Å²) in [5, 5.41) is 12.2. The smallest absolute Gasteiger partial charge is 0.173 e. The van der Waals surface area contributed by atoms with Gasteiger partial charge in [0.15, 0.2) is 5.82 Å². The van der Waals surface area contributed by atoms with Crippen LogP contribution in [0.4, 0.5) is 0 Å². The first-order valence-corrected chi connectivity index (χ1v) is 5.34. The molecule has 1 aromatic heterocycles. The van der Waals surface area contributed by atoms with Crippen LogP contribution in [0.25, 0.3) is 5.69 Å². The maximum atomic E-state index is 5.92. The number of benzene rings is 1. The van der Waals surface area contributed by atoms with Gasteiger partial charge in [-0.05, 0) is 35.5 Å². The lowest BCUT2D eigenvalue weighted by Gasteiger charge is -2.07. The van der Waals surface area contributed by atoms with Gasteiger partial charge in [0.2, 0.25) is 0 Å². The predicted octanol–water partition coefficient (Wildman–Crippen LogP) is 1.99. The zero-order chi connectivity index (χ0) is 11.7. The van der Waals surface area contributed by atoms with Gasteiger partial charge in [-0.25, -0.2) is 0 Å². The Bertz CT molecular complexity index is 508. The van der Waals surface area contributed by atoms with Gasteiger partial charge in [0.05, 0.1) is 21.8 Å². The number of hydrogen-bond acceptors (Lipinski definition) is 4. The molecule has 0 saturated heterocycles. The highest BCUT2D eigenvalue weighted by Crippen LogP contribution is 2.24. The number of hydrogen-bond donors (Lipinski definition) is 1. The molecule has 0 aliphatic heterocycles. The van der Waals surface area contributed by atoms with E-state index in [0.717, 1.165) is 5.69 Å². The second-order valence-corrected chi connectivity index (χ2v) is 4.15. The Morgan fingerprint density at radius 2 is 2.06 bits per heavy atom. The molecule has 2 aromatic rings. The fraction of sp³-hybridized carbons (Fsp3) is 0.222. The number of rotatable bonds is 2. The van der Waals surface area contributed by atoms with Crippen molar-refractivity contribution in [2.45, 2.75) is 13.0 Å². The molecule has 16 heavy (non-hydrogen) atoms. The van der Waals surface area contributed by atoms with Crippen molar-refractivity contribution in [2.75, 3.05) is 0 Å². The molecule has 1 heterocycles. The first-order valence-electron chi connectivity index (χ1n) is 4.59. The van der Waals surface area contributed by atoms with Gasteiger partial charge in [0, 0.05) is 0 Å². The van der Waals surface area contributed by atoms with Crippen LogP contribution in [0.3, 0.4) is 0 Å². The van der Waals surface area contributed by atoms with Crippen molar-refractivity contribution in [1.29, 1.82) is 0 Å². The van der Waals surface area contributed by atoms with E-state index in [0.29, 0.717) is 15.9 Å². The fourth-order valence-corrected chi connectivity index (χ4v) is 1.57. The molecule has 1 atom stereocenters. The maximum Gasteiger partial charge on any atom is 0.173 e. The van der Waals surface area contributed by atoms with Crippen molar-refractivity contribution in [1.82, 2.24) is 20.2 Å². The predicted molar refractivity (Wildman–Crippen MR) is 61.8 cm³/mol. The summed E-state index contributed by atoms with van der Waals surface area (Å²) in [5.41, 5.74) is 6.47. The fourth-order valence-electron chi connectivity index (χ4n) is 1.28. The van der Waals surface area contributed by atoms with Gasteiger partial charge in [0.1, 0.15) is 0 Å². The molecule has 0 aliphatic rings. The van der Waals surface area contributed by atoms with Crippen LogP contribution in [-0.2, 0) is 0 Å². The van der Waals surface area contributed by atoms with Gasteiger partial charge in [-0.2, -0.15) is 4.68 Å². The Labute approximate surface area is 102 Å². The van der Waals surface area contributed by atoms with E-state index in [9.17, 15) is 0 Å². The van der Waals surface area contributed by atoms with Gasteiger partial charge in [-0.1, -0.05) is 23.2 Å². The van der Waals surface area contributed by atoms with Gasteiger partial charge in [-0.15, -0.1) is 5.10 Å². The van der Waals surface area contributed by atoms with Crippen LogP contribution in [0.5, 0.6) is 0 Å². The molecule has 0 spiro atoms. The molecule has 0 bridgehead atoms. The summed E-state index contributed by atoms with van der Waals surface area (Å²) in [5.74, 6) is 0.568. The van der Waals surface area contributed by atoms with Crippen molar-refractivity contribution < 1.29 is 0 Å². The molecule has 1 unspecified atom stereocenters. The minimum atomic E-state index is -0.260. The Kier molecular flexibility index (Phi) is 3.09. The van der Waals surface area contributed by atoms with Crippen LogP contribution in [0.15, 0.2) is 18.2 Å². The molecule has 0 fully saturated rings. The second-order valence-electron chi connectivity index (χ2n) is 3.34. The number of nitrogens with zero attached hydrogens (tertiary/aromatic N) is 4. The van der Waals surface area contributed by atoms with E-state index in [-0.39, 0.29) is 6.04 Å². The van der Waals surface area contributed by atoms with Crippen LogP contribution in [-0.4, -0.2) is 20.2 Å². The zero-order valence-electron chi connectivity index (χ0n) is 8.43. The summed E-state index contributed by atoms with van der Waals surface area (Å²) >= 11 is 11.7. The maximum absolute atomic E-state index is 5.92. The molecular weight excluding hydrogens is 249 g/mol. The van der Waals surface area contributed by atoms with Crippen LogP contribution in [0.2, 0.25) is 10.0 Å². The van der Waals surface area contributed by atoms with E-state index < -0.39 is 0 Å². The molecule has 84 valence electrons. The third-order valence-electron chi connectivity index (χ3n) is 2.05. The highest BCUT2D eigenvalue weighted by molar-refractivity contribution is 6.42. The van der Waals surface area contributed by atoms with E-state index >= 15 is 0 Å². The van der Waals surface area contributed by atoms with E-state index in [1.807, 2.05) is 0 Å². The Morgan fingerprint density at radius 1 is 1.31 bits per heavy atom.